The minimum absolute atomic E-state index is 0.253. The number of aromatic nitrogens is 1. The predicted molar refractivity (Wildman–Crippen MR) is 83.3 cm³/mol. The number of piperidine rings is 1. The summed E-state index contributed by atoms with van der Waals surface area (Å²) in [6.07, 6.45) is 3.61. The fraction of sp³-hybridized carbons (Fsp3) is 0.615. The summed E-state index contributed by atoms with van der Waals surface area (Å²) >= 11 is 3.30. The molecule has 2 rings (SSSR count). The van der Waals surface area contributed by atoms with Crippen LogP contribution in [0.25, 0.3) is 0 Å². The molecule has 0 saturated carbocycles. The highest BCUT2D eigenvalue weighted by molar-refractivity contribution is 9.10. The molecule has 1 fully saturated rings. The maximum Gasteiger partial charge on any atom is 0.246 e. The Morgan fingerprint density at radius 2 is 2.30 bits per heavy atom. The number of nitrogens with one attached hydrogen (secondary N) is 1. The SMILES string of the molecule is CCNc1ncc(Br)cc1S(=O)(=O)N1CCCC(C)C1. The zero-order valence-corrected chi connectivity index (χ0v) is 14.2. The summed E-state index contributed by atoms with van der Waals surface area (Å²) in [4.78, 5) is 4.44. The second kappa shape index (κ2) is 6.41. The first kappa shape index (κ1) is 15.7. The maximum atomic E-state index is 12.8. The van der Waals surface area contributed by atoms with Crippen molar-refractivity contribution in [3.8, 4) is 0 Å². The molecule has 1 aromatic heterocycles. The van der Waals surface area contributed by atoms with E-state index < -0.39 is 10.0 Å². The molecule has 1 aliphatic heterocycles. The summed E-state index contributed by atoms with van der Waals surface area (Å²) in [6, 6.07) is 1.62. The second-order valence-electron chi connectivity index (χ2n) is 5.14. The molecule has 112 valence electrons. The average Bonchev–Trinajstić information content (AvgIpc) is 2.41. The van der Waals surface area contributed by atoms with Gasteiger partial charge in [-0.3, -0.25) is 0 Å². The van der Waals surface area contributed by atoms with Gasteiger partial charge in [0.1, 0.15) is 10.7 Å². The predicted octanol–water partition coefficient (Wildman–Crippen LogP) is 2.70. The molecule has 1 saturated heterocycles. The lowest BCUT2D eigenvalue weighted by atomic mass is 10.0. The second-order valence-corrected chi connectivity index (χ2v) is 7.96. The lowest BCUT2D eigenvalue weighted by Gasteiger charge is -2.30. The van der Waals surface area contributed by atoms with E-state index in [1.165, 1.54) is 0 Å². The van der Waals surface area contributed by atoms with Gasteiger partial charge in [-0.2, -0.15) is 4.31 Å². The van der Waals surface area contributed by atoms with Crippen LogP contribution in [0.15, 0.2) is 21.6 Å². The molecule has 20 heavy (non-hydrogen) atoms. The molecular formula is C13H20BrN3O2S. The van der Waals surface area contributed by atoms with E-state index in [-0.39, 0.29) is 4.90 Å². The fourth-order valence-electron chi connectivity index (χ4n) is 2.42. The number of hydrogen-bond donors (Lipinski definition) is 1. The normalized spacial score (nSPS) is 20.9. The summed E-state index contributed by atoms with van der Waals surface area (Å²) in [6.45, 7) is 5.81. The average molecular weight is 362 g/mol. The van der Waals surface area contributed by atoms with Gasteiger partial charge in [-0.25, -0.2) is 13.4 Å². The molecule has 2 heterocycles. The standard InChI is InChI=1S/C13H20BrN3O2S/c1-3-15-13-12(7-11(14)8-16-13)20(18,19)17-6-4-5-10(2)9-17/h7-8,10H,3-6,9H2,1-2H3,(H,15,16). The quantitative estimate of drug-likeness (QED) is 0.895. The van der Waals surface area contributed by atoms with Gasteiger partial charge in [0.05, 0.1) is 0 Å². The van der Waals surface area contributed by atoms with Gasteiger partial charge in [0, 0.05) is 30.3 Å². The molecule has 0 bridgehead atoms. The summed E-state index contributed by atoms with van der Waals surface area (Å²) in [5, 5.41) is 3.02. The summed E-state index contributed by atoms with van der Waals surface area (Å²) < 4.78 is 27.9. The van der Waals surface area contributed by atoms with Gasteiger partial charge < -0.3 is 5.32 Å². The zero-order chi connectivity index (χ0) is 14.8. The summed E-state index contributed by atoms with van der Waals surface area (Å²) in [5.41, 5.74) is 0. The molecule has 1 unspecified atom stereocenters. The first-order chi connectivity index (χ1) is 9.45. The van der Waals surface area contributed by atoms with Crippen LogP contribution in [-0.2, 0) is 10.0 Å². The Labute approximate surface area is 129 Å². The summed E-state index contributed by atoms with van der Waals surface area (Å²) in [7, 11) is -3.49. The smallest absolute Gasteiger partial charge is 0.246 e. The molecule has 1 atom stereocenters. The third-order valence-corrected chi connectivity index (χ3v) is 5.71. The maximum absolute atomic E-state index is 12.8. The number of nitrogens with zero attached hydrogens (tertiary/aromatic N) is 2. The largest absolute Gasteiger partial charge is 0.369 e. The molecule has 7 heteroatoms. The third-order valence-electron chi connectivity index (χ3n) is 3.40. The number of sulfonamides is 1. The van der Waals surface area contributed by atoms with E-state index in [1.54, 1.807) is 16.6 Å². The first-order valence-corrected chi connectivity index (χ1v) is 9.08. The van der Waals surface area contributed by atoms with Gasteiger partial charge in [-0.05, 0) is 47.7 Å². The van der Waals surface area contributed by atoms with Crippen LogP contribution in [0.4, 0.5) is 5.82 Å². The van der Waals surface area contributed by atoms with Crippen molar-refractivity contribution in [2.24, 2.45) is 5.92 Å². The molecule has 0 amide bonds. The van der Waals surface area contributed by atoms with E-state index in [1.807, 2.05) is 6.92 Å². The van der Waals surface area contributed by atoms with Crippen LogP contribution in [-0.4, -0.2) is 37.3 Å². The van der Waals surface area contributed by atoms with Crippen molar-refractivity contribution in [3.63, 3.8) is 0 Å². The molecular weight excluding hydrogens is 342 g/mol. The van der Waals surface area contributed by atoms with E-state index in [9.17, 15) is 8.42 Å². The highest BCUT2D eigenvalue weighted by Crippen LogP contribution is 2.29. The van der Waals surface area contributed by atoms with Crippen LogP contribution in [0.3, 0.4) is 0 Å². The van der Waals surface area contributed by atoms with E-state index >= 15 is 0 Å². The monoisotopic (exact) mass is 361 g/mol. The Balaban J connectivity index is 2.40. The molecule has 0 spiro atoms. The Morgan fingerprint density at radius 3 is 2.95 bits per heavy atom. The number of pyridine rings is 1. The molecule has 0 aliphatic carbocycles. The highest BCUT2D eigenvalue weighted by Gasteiger charge is 2.31. The third kappa shape index (κ3) is 3.32. The summed E-state index contributed by atoms with van der Waals surface area (Å²) in [5.74, 6) is 0.829. The Kier molecular flexibility index (Phi) is 5.04. The van der Waals surface area contributed by atoms with Gasteiger partial charge in [0.15, 0.2) is 0 Å². The molecule has 5 nitrogen and oxygen atoms in total. The first-order valence-electron chi connectivity index (χ1n) is 6.84. The molecule has 0 radical (unpaired) electrons. The lowest BCUT2D eigenvalue weighted by molar-refractivity contribution is 0.281. The minimum Gasteiger partial charge on any atom is -0.369 e. The van der Waals surface area contributed by atoms with Crippen LogP contribution in [0, 0.1) is 5.92 Å². The lowest BCUT2D eigenvalue weighted by Crippen LogP contribution is -2.39. The van der Waals surface area contributed by atoms with Gasteiger partial charge in [-0.15, -0.1) is 0 Å². The molecule has 0 aromatic carbocycles. The fourth-order valence-corrected chi connectivity index (χ4v) is 4.65. The van der Waals surface area contributed by atoms with Gasteiger partial charge in [0.2, 0.25) is 10.0 Å². The van der Waals surface area contributed by atoms with E-state index in [0.29, 0.717) is 35.8 Å². The van der Waals surface area contributed by atoms with Crippen molar-refractivity contribution < 1.29 is 8.42 Å². The van der Waals surface area contributed by atoms with Crippen LogP contribution in [0.5, 0.6) is 0 Å². The van der Waals surface area contributed by atoms with Gasteiger partial charge in [0.25, 0.3) is 0 Å². The minimum atomic E-state index is -3.49. The Bertz CT molecular complexity index is 577. The van der Waals surface area contributed by atoms with Crippen LogP contribution in [0.2, 0.25) is 0 Å². The molecule has 1 N–H and O–H groups in total. The van der Waals surface area contributed by atoms with Crippen molar-refractivity contribution in [2.45, 2.75) is 31.6 Å². The number of hydrogen-bond acceptors (Lipinski definition) is 4. The van der Waals surface area contributed by atoms with E-state index in [2.05, 4.69) is 33.2 Å². The van der Waals surface area contributed by atoms with Crippen LogP contribution < -0.4 is 5.32 Å². The van der Waals surface area contributed by atoms with E-state index in [4.69, 9.17) is 0 Å². The van der Waals surface area contributed by atoms with E-state index in [0.717, 1.165) is 12.8 Å². The van der Waals surface area contributed by atoms with Crippen molar-refractivity contribution in [2.75, 3.05) is 25.0 Å². The number of anilines is 1. The Hall–Kier alpha value is -0.660. The zero-order valence-electron chi connectivity index (χ0n) is 11.8. The highest BCUT2D eigenvalue weighted by atomic mass is 79.9. The molecule has 1 aromatic rings. The van der Waals surface area contributed by atoms with Crippen molar-refractivity contribution in [1.29, 1.82) is 0 Å². The topological polar surface area (TPSA) is 62.3 Å². The van der Waals surface area contributed by atoms with Crippen LogP contribution in [0.1, 0.15) is 26.7 Å². The van der Waals surface area contributed by atoms with Gasteiger partial charge >= 0.3 is 0 Å². The Morgan fingerprint density at radius 1 is 1.55 bits per heavy atom. The van der Waals surface area contributed by atoms with Crippen molar-refractivity contribution >= 4 is 31.8 Å². The molecule has 1 aliphatic rings. The van der Waals surface area contributed by atoms with Gasteiger partial charge in [-0.1, -0.05) is 6.92 Å². The number of rotatable bonds is 4. The van der Waals surface area contributed by atoms with Crippen molar-refractivity contribution in [3.05, 3.63) is 16.7 Å². The van der Waals surface area contributed by atoms with Crippen molar-refractivity contribution in [1.82, 2.24) is 9.29 Å². The number of halogens is 1. The van der Waals surface area contributed by atoms with Crippen LogP contribution >= 0.6 is 15.9 Å².